The van der Waals surface area contributed by atoms with Crippen LogP contribution in [0.1, 0.15) is 68.5 Å². The van der Waals surface area contributed by atoms with Gasteiger partial charge in [0.25, 0.3) is 5.91 Å². The molecular formula is C17H24N4O. The maximum absolute atomic E-state index is 12.6. The Kier molecular flexibility index (Phi) is 3.89. The van der Waals surface area contributed by atoms with Gasteiger partial charge in [-0.1, -0.05) is 13.8 Å². The van der Waals surface area contributed by atoms with Gasteiger partial charge < -0.3 is 5.32 Å². The van der Waals surface area contributed by atoms with Crippen molar-refractivity contribution in [1.29, 1.82) is 0 Å². The molecule has 2 heterocycles. The van der Waals surface area contributed by atoms with E-state index in [9.17, 15) is 4.79 Å². The van der Waals surface area contributed by atoms with E-state index in [0.717, 1.165) is 23.3 Å². The number of pyridine rings is 1. The first kappa shape index (κ1) is 15.0. The molecule has 0 unspecified atom stereocenters. The zero-order valence-corrected chi connectivity index (χ0v) is 13.8. The highest BCUT2D eigenvalue weighted by molar-refractivity contribution is 6.05. The highest BCUT2D eigenvalue weighted by Crippen LogP contribution is 2.28. The number of hydrogen-bond acceptors (Lipinski definition) is 3. The molecule has 0 spiro atoms. The van der Waals surface area contributed by atoms with Crippen molar-refractivity contribution in [2.75, 3.05) is 6.54 Å². The number of hydrogen-bond donors (Lipinski definition) is 1. The lowest BCUT2D eigenvalue weighted by molar-refractivity contribution is 0.0953. The van der Waals surface area contributed by atoms with Gasteiger partial charge in [-0.15, -0.1) is 0 Å². The molecule has 1 saturated carbocycles. The molecule has 0 atom stereocenters. The number of rotatable bonds is 5. The third kappa shape index (κ3) is 2.85. The van der Waals surface area contributed by atoms with E-state index in [1.807, 2.05) is 10.7 Å². The van der Waals surface area contributed by atoms with Gasteiger partial charge in [0.05, 0.1) is 17.1 Å². The Bertz CT molecular complexity index is 698. The Morgan fingerprint density at radius 3 is 2.68 bits per heavy atom. The molecule has 1 aliphatic rings. The van der Waals surface area contributed by atoms with Crippen LogP contribution in [0.15, 0.2) is 12.3 Å². The van der Waals surface area contributed by atoms with Crippen molar-refractivity contribution >= 4 is 16.9 Å². The summed E-state index contributed by atoms with van der Waals surface area (Å²) < 4.78 is 1.89. The number of nitrogens with zero attached hydrogens (tertiary/aromatic N) is 3. The van der Waals surface area contributed by atoms with Crippen molar-refractivity contribution in [2.45, 2.75) is 52.5 Å². The van der Waals surface area contributed by atoms with Gasteiger partial charge in [0, 0.05) is 18.3 Å². The molecule has 5 nitrogen and oxygen atoms in total. The molecule has 5 heteroatoms. The summed E-state index contributed by atoms with van der Waals surface area (Å²) in [6, 6.07) is 2.14. The molecule has 0 aliphatic heterocycles. The lowest BCUT2D eigenvalue weighted by Crippen LogP contribution is -2.26. The minimum Gasteiger partial charge on any atom is -0.352 e. The summed E-state index contributed by atoms with van der Waals surface area (Å²) in [5.41, 5.74) is 2.44. The monoisotopic (exact) mass is 300 g/mol. The number of fused-ring (bicyclic) bond motifs is 1. The van der Waals surface area contributed by atoms with Gasteiger partial charge in [-0.25, -0.2) is 9.67 Å². The minimum absolute atomic E-state index is 0.00972. The maximum Gasteiger partial charge on any atom is 0.252 e. The predicted octanol–water partition coefficient (Wildman–Crippen LogP) is 3.28. The van der Waals surface area contributed by atoms with E-state index in [1.54, 1.807) is 6.20 Å². The van der Waals surface area contributed by atoms with Gasteiger partial charge in [0.2, 0.25) is 0 Å². The van der Waals surface area contributed by atoms with Crippen molar-refractivity contribution in [3.63, 3.8) is 0 Å². The fraction of sp³-hybridized carbons (Fsp3) is 0.588. The molecular weight excluding hydrogens is 276 g/mol. The average molecular weight is 300 g/mol. The van der Waals surface area contributed by atoms with Crippen LogP contribution in [-0.4, -0.2) is 27.2 Å². The van der Waals surface area contributed by atoms with Gasteiger partial charge in [-0.3, -0.25) is 4.79 Å². The molecule has 0 saturated heterocycles. The fourth-order valence-corrected chi connectivity index (χ4v) is 2.55. The van der Waals surface area contributed by atoms with E-state index in [2.05, 4.69) is 38.1 Å². The standard InChI is InChI=1S/C17H24N4O/c1-10(2)15-7-13(17(22)18-8-12-5-6-12)14-9-19-21(11(3)4)16(14)20-15/h7,9-12H,5-6,8H2,1-4H3,(H,18,22). The van der Waals surface area contributed by atoms with Gasteiger partial charge in [0.15, 0.2) is 5.65 Å². The smallest absolute Gasteiger partial charge is 0.252 e. The van der Waals surface area contributed by atoms with Gasteiger partial charge >= 0.3 is 0 Å². The van der Waals surface area contributed by atoms with Crippen molar-refractivity contribution < 1.29 is 4.79 Å². The summed E-state index contributed by atoms with van der Waals surface area (Å²) in [5, 5.41) is 8.31. The van der Waals surface area contributed by atoms with Crippen LogP contribution in [0, 0.1) is 5.92 Å². The molecule has 118 valence electrons. The van der Waals surface area contributed by atoms with Crippen molar-refractivity contribution in [3.8, 4) is 0 Å². The Hall–Kier alpha value is -1.91. The van der Waals surface area contributed by atoms with Crippen molar-refractivity contribution in [2.24, 2.45) is 5.92 Å². The van der Waals surface area contributed by atoms with E-state index in [0.29, 0.717) is 11.5 Å². The number of carbonyl (C=O) groups excluding carboxylic acids is 1. The molecule has 0 radical (unpaired) electrons. The van der Waals surface area contributed by atoms with E-state index in [-0.39, 0.29) is 17.9 Å². The number of carbonyl (C=O) groups is 1. The van der Waals surface area contributed by atoms with Gasteiger partial charge in [-0.05, 0) is 44.6 Å². The number of amides is 1. The maximum atomic E-state index is 12.6. The highest BCUT2D eigenvalue weighted by atomic mass is 16.1. The molecule has 22 heavy (non-hydrogen) atoms. The van der Waals surface area contributed by atoms with E-state index in [4.69, 9.17) is 4.98 Å². The summed E-state index contributed by atoms with van der Waals surface area (Å²) >= 11 is 0. The SMILES string of the molecule is CC(C)c1cc(C(=O)NCC2CC2)c2cnn(C(C)C)c2n1. The van der Waals surface area contributed by atoms with Crippen LogP contribution in [0.2, 0.25) is 0 Å². The first-order valence-corrected chi connectivity index (χ1v) is 8.13. The van der Waals surface area contributed by atoms with Crippen molar-refractivity contribution in [3.05, 3.63) is 23.5 Å². The molecule has 0 aromatic carbocycles. The molecule has 3 rings (SSSR count). The number of aromatic nitrogens is 3. The summed E-state index contributed by atoms with van der Waals surface area (Å²) in [7, 11) is 0. The molecule has 0 bridgehead atoms. The Morgan fingerprint density at radius 2 is 2.09 bits per heavy atom. The van der Waals surface area contributed by atoms with E-state index in [1.165, 1.54) is 12.8 Å². The second-order valence-corrected chi connectivity index (χ2v) is 6.82. The van der Waals surface area contributed by atoms with Crippen molar-refractivity contribution in [1.82, 2.24) is 20.1 Å². The molecule has 1 N–H and O–H groups in total. The molecule has 2 aromatic rings. The largest absolute Gasteiger partial charge is 0.352 e. The lowest BCUT2D eigenvalue weighted by Gasteiger charge is -2.12. The number of nitrogens with one attached hydrogen (secondary N) is 1. The van der Waals surface area contributed by atoms with E-state index < -0.39 is 0 Å². The average Bonchev–Trinajstić information content (AvgIpc) is 3.20. The lowest BCUT2D eigenvalue weighted by atomic mass is 10.0. The summed E-state index contributed by atoms with van der Waals surface area (Å²) in [4.78, 5) is 17.3. The first-order valence-electron chi connectivity index (χ1n) is 8.13. The third-order valence-electron chi connectivity index (χ3n) is 4.16. The Morgan fingerprint density at radius 1 is 1.36 bits per heavy atom. The zero-order valence-electron chi connectivity index (χ0n) is 13.8. The quantitative estimate of drug-likeness (QED) is 0.922. The van der Waals surface area contributed by atoms with E-state index >= 15 is 0 Å². The van der Waals surface area contributed by atoms with Crippen LogP contribution in [0.4, 0.5) is 0 Å². The van der Waals surface area contributed by atoms with Crippen LogP contribution >= 0.6 is 0 Å². The third-order valence-corrected chi connectivity index (χ3v) is 4.16. The Balaban J connectivity index is 2.04. The molecule has 2 aromatic heterocycles. The molecule has 1 aliphatic carbocycles. The van der Waals surface area contributed by atoms with Crippen LogP contribution < -0.4 is 5.32 Å². The topological polar surface area (TPSA) is 59.8 Å². The predicted molar refractivity (Wildman–Crippen MR) is 87.1 cm³/mol. The van der Waals surface area contributed by atoms with Gasteiger partial charge in [0.1, 0.15) is 0 Å². The van der Waals surface area contributed by atoms with Crippen LogP contribution in [0.3, 0.4) is 0 Å². The van der Waals surface area contributed by atoms with Gasteiger partial charge in [-0.2, -0.15) is 5.10 Å². The molecule has 1 amide bonds. The first-order chi connectivity index (χ1) is 10.5. The highest BCUT2D eigenvalue weighted by Gasteiger charge is 2.23. The fourth-order valence-electron chi connectivity index (χ4n) is 2.55. The zero-order chi connectivity index (χ0) is 15.9. The molecule has 1 fully saturated rings. The second-order valence-electron chi connectivity index (χ2n) is 6.82. The second kappa shape index (κ2) is 5.71. The Labute approximate surface area is 131 Å². The summed E-state index contributed by atoms with van der Waals surface area (Å²) in [6.07, 6.45) is 4.22. The van der Waals surface area contributed by atoms with Crippen LogP contribution in [0.5, 0.6) is 0 Å². The minimum atomic E-state index is -0.00972. The summed E-state index contributed by atoms with van der Waals surface area (Å²) in [6.45, 7) is 9.11. The van der Waals surface area contributed by atoms with Crippen LogP contribution in [0.25, 0.3) is 11.0 Å². The van der Waals surface area contributed by atoms with Crippen LogP contribution in [-0.2, 0) is 0 Å². The summed E-state index contributed by atoms with van der Waals surface area (Å²) in [5.74, 6) is 0.934. The normalized spacial score (nSPS) is 15.0.